The number of hydrogen-bond acceptors (Lipinski definition) is 5. The largest absolute Gasteiger partial charge is 0.496 e. The van der Waals surface area contributed by atoms with E-state index in [0.29, 0.717) is 35.8 Å². The van der Waals surface area contributed by atoms with E-state index in [0.717, 1.165) is 23.9 Å². The number of hydrogen-bond donors (Lipinski definition) is 0. The van der Waals surface area contributed by atoms with E-state index in [-0.39, 0.29) is 4.90 Å². The van der Waals surface area contributed by atoms with Gasteiger partial charge in [0.15, 0.2) is 0 Å². The van der Waals surface area contributed by atoms with Gasteiger partial charge in [-0.05, 0) is 38.8 Å². The highest BCUT2D eigenvalue weighted by atomic mass is 32.2. The lowest BCUT2D eigenvalue weighted by Crippen LogP contribution is -2.36. The minimum Gasteiger partial charge on any atom is -0.496 e. The number of methoxy groups -OCH3 is 1. The van der Waals surface area contributed by atoms with E-state index in [1.54, 1.807) is 38.1 Å². The molecule has 0 spiro atoms. The SMILES string of the molecule is COc1ccccc1C(=O)n1nc(C)c(S(=O)(=O)N2CCCCC2)c1C. The molecule has 1 aliphatic rings. The van der Waals surface area contributed by atoms with Gasteiger partial charge in [-0.2, -0.15) is 14.1 Å². The van der Waals surface area contributed by atoms with Gasteiger partial charge in [0.1, 0.15) is 10.6 Å². The second-order valence-corrected chi connectivity index (χ2v) is 8.26. The number of ether oxygens (including phenoxy) is 1. The highest BCUT2D eigenvalue weighted by Gasteiger charge is 2.33. The zero-order valence-corrected chi connectivity index (χ0v) is 16.0. The topological polar surface area (TPSA) is 81.5 Å². The molecular weight excluding hydrogens is 354 g/mol. The fraction of sp³-hybridized carbons (Fsp3) is 0.444. The lowest BCUT2D eigenvalue weighted by Gasteiger charge is -2.25. The molecular formula is C18H23N3O4S. The maximum absolute atomic E-state index is 13.1. The van der Waals surface area contributed by atoms with Gasteiger partial charge in [-0.15, -0.1) is 0 Å². The number of aromatic nitrogens is 2. The Hall–Kier alpha value is -2.19. The highest BCUT2D eigenvalue weighted by Crippen LogP contribution is 2.27. The molecule has 3 rings (SSSR count). The third-order valence-corrected chi connectivity index (χ3v) is 6.82. The van der Waals surface area contributed by atoms with Crippen LogP contribution in [0.1, 0.15) is 41.0 Å². The maximum atomic E-state index is 13.1. The van der Waals surface area contributed by atoms with E-state index in [1.165, 1.54) is 11.4 Å². The summed E-state index contributed by atoms with van der Waals surface area (Å²) in [6.07, 6.45) is 2.74. The Morgan fingerprint density at radius 2 is 1.77 bits per heavy atom. The van der Waals surface area contributed by atoms with Gasteiger partial charge in [0, 0.05) is 13.1 Å². The molecule has 7 nitrogen and oxygen atoms in total. The first kappa shape index (κ1) is 18.6. The Kier molecular flexibility index (Phi) is 5.15. The number of piperidine rings is 1. The number of sulfonamides is 1. The van der Waals surface area contributed by atoms with Crippen molar-refractivity contribution in [3.05, 3.63) is 41.2 Å². The van der Waals surface area contributed by atoms with Crippen molar-refractivity contribution in [2.24, 2.45) is 0 Å². The summed E-state index contributed by atoms with van der Waals surface area (Å²) in [7, 11) is -2.18. The van der Waals surface area contributed by atoms with Gasteiger partial charge < -0.3 is 4.74 Å². The molecule has 2 heterocycles. The van der Waals surface area contributed by atoms with Crippen molar-refractivity contribution < 1.29 is 17.9 Å². The van der Waals surface area contributed by atoms with Crippen LogP contribution in [0.25, 0.3) is 0 Å². The van der Waals surface area contributed by atoms with Crippen LogP contribution in [0.2, 0.25) is 0 Å². The summed E-state index contributed by atoms with van der Waals surface area (Å²) < 4.78 is 34.0. The van der Waals surface area contributed by atoms with Crippen molar-refractivity contribution in [1.82, 2.24) is 14.1 Å². The summed E-state index contributed by atoms with van der Waals surface area (Å²) in [6, 6.07) is 6.82. The first-order chi connectivity index (χ1) is 12.4. The molecule has 1 aromatic carbocycles. The maximum Gasteiger partial charge on any atom is 0.282 e. The van der Waals surface area contributed by atoms with Crippen molar-refractivity contribution in [1.29, 1.82) is 0 Å². The zero-order valence-electron chi connectivity index (χ0n) is 15.2. The number of nitrogens with zero attached hydrogens (tertiary/aromatic N) is 3. The van der Waals surface area contributed by atoms with Gasteiger partial charge >= 0.3 is 0 Å². The fourth-order valence-corrected chi connectivity index (χ4v) is 5.24. The monoisotopic (exact) mass is 377 g/mol. The van der Waals surface area contributed by atoms with Gasteiger partial charge in [-0.3, -0.25) is 4.79 Å². The van der Waals surface area contributed by atoms with Crippen molar-refractivity contribution in [3.8, 4) is 5.75 Å². The van der Waals surface area contributed by atoms with Gasteiger partial charge in [0.25, 0.3) is 5.91 Å². The van der Waals surface area contributed by atoms with E-state index in [1.807, 2.05) is 0 Å². The molecule has 0 radical (unpaired) electrons. The van der Waals surface area contributed by atoms with Crippen molar-refractivity contribution >= 4 is 15.9 Å². The average molecular weight is 377 g/mol. The summed E-state index contributed by atoms with van der Waals surface area (Å²) in [4.78, 5) is 13.1. The number of para-hydroxylation sites is 1. The number of benzene rings is 1. The molecule has 0 bridgehead atoms. The van der Waals surface area contributed by atoms with Crippen LogP contribution in [0.5, 0.6) is 5.75 Å². The molecule has 2 aromatic rings. The molecule has 8 heteroatoms. The van der Waals surface area contributed by atoms with Crippen LogP contribution in [0.15, 0.2) is 29.2 Å². The van der Waals surface area contributed by atoms with Gasteiger partial charge in [0.2, 0.25) is 10.0 Å². The Morgan fingerprint density at radius 3 is 2.42 bits per heavy atom. The molecule has 1 aromatic heterocycles. The van der Waals surface area contributed by atoms with Crippen LogP contribution in [0.4, 0.5) is 0 Å². The Labute approximate surface area is 153 Å². The molecule has 0 saturated carbocycles. The van der Waals surface area contributed by atoms with Gasteiger partial charge in [-0.25, -0.2) is 8.42 Å². The molecule has 140 valence electrons. The second-order valence-electron chi connectivity index (χ2n) is 6.38. The molecule has 1 fully saturated rings. The van der Waals surface area contributed by atoms with Crippen LogP contribution < -0.4 is 4.74 Å². The lowest BCUT2D eigenvalue weighted by molar-refractivity contribution is 0.0939. The van der Waals surface area contributed by atoms with E-state index in [2.05, 4.69) is 5.10 Å². The molecule has 0 amide bonds. The van der Waals surface area contributed by atoms with Crippen LogP contribution in [-0.2, 0) is 10.0 Å². The first-order valence-corrected chi connectivity index (χ1v) is 10.1. The quantitative estimate of drug-likeness (QED) is 0.817. The highest BCUT2D eigenvalue weighted by molar-refractivity contribution is 7.89. The number of aryl methyl sites for hydroxylation is 1. The van der Waals surface area contributed by atoms with Crippen LogP contribution in [0.3, 0.4) is 0 Å². The summed E-state index contributed by atoms with van der Waals surface area (Å²) in [5.74, 6) is 0.00800. The van der Waals surface area contributed by atoms with Crippen LogP contribution in [-0.4, -0.2) is 48.6 Å². The second kappa shape index (κ2) is 7.20. The molecule has 0 N–H and O–H groups in total. The summed E-state index contributed by atoms with van der Waals surface area (Å²) in [6.45, 7) is 4.25. The van der Waals surface area contributed by atoms with E-state index in [9.17, 15) is 13.2 Å². The molecule has 0 atom stereocenters. The molecule has 1 saturated heterocycles. The smallest absolute Gasteiger partial charge is 0.282 e. The summed E-state index contributed by atoms with van der Waals surface area (Å²) in [5, 5.41) is 4.23. The zero-order chi connectivity index (χ0) is 18.9. The average Bonchev–Trinajstić information content (AvgIpc) is 2.96. The summed E-state index contributed by atoms with van der Waals surface area (Å²) in [5.41, 5.74) is 0.989. The number of rotatable bonds is 4. The minimum absolute atomic E-state index is 0.127. The third kappa shape index (κ3) is 3.14. The van der Waals surface area contributed by atoms with Crippen molar-refractivity contribution in [3.63, 3.8) is 0 Å². The predicted molar refractivity (Wildman–Crippen MR) is 97.0 cm³/mol. The first-order valence-electron chi connectivity index (χ1n) is 8.62. The molecule has 0 unspecified atom stereocenters. The Bertz CT molecular complexity index is 928. The van der Waals surface area contributed by atoms with Gasteiger partial charge in [-0.1, -0.05) is 18.6 Å². The molecule has 1 aliphatic heterocycles. The Balaban J connectivity index is 2.04. The number of carbonyl (C=O) groups is 1. The van der Waals surface area contributed by atoms with Crippen LogP contribution >= 0.6 is 0 Å². The Morgan fingerprint density at radius 1 is 1.12 bits per heavy atom. The van der Waals surface area contributed by atoms with Crippen LogP contribution in [0, 0.1) is 13.8 Å². The normalized spacial score (nSPS) is 15.8. The molecule has 26 heavy (non-hydrogen) atoms. The van der Waals surface area contributed by atoms with E-state index >= 15 is 0 Å². The standard InChI is InChI=1S/C18H23N3O4S/c1-13-17(26(23,24)20-11-7-4-8-12-20)14(2)21(19-13)18(22)15-9-5-6-10-16(15)25-3/h5-6,9-10H,4,7-8,11-12H2,1-3H3. The third-order valence-electron chi connectivity index (χ3n) is 4.67. The number of carbonyl (C=O) groups excluding carboxylic acids is 1. The lowest BCUT2D eigenvalue weighted by atomic mass is 10.2. The van der Waals surface area contributed by atoms with Crippen molar-refractivity contribution in [2.45, 2.75) is 38.0 Å². The van der Waals surface area contributed by atoms with Crippen molar-refractivity contribution in [2.75, 3.05) is 20.2 Å². The summed E-state index contributed by atoms with van der Waals surface area (Å²) >= 11 is 0. The fourth-order valence-electron chi connectivity index (χ4n) is 3.37. The van der Waals surface area contributed by atoms with Gasteiger partial charge in [0.05, 0.1) is 24.1 Å². The molecule has 0 aliphatic carbocycles. The predicted octanol–water partition coefficient (Wildman–Crippen LogP) is 2.37. The minimum atomic E-state index is -3.67. The van der Waals surface area contributed by atoms with E-state index in [4.69, 9.17) is 4.74 Å². The van der Waals surface area contributed by atoms with E-state index < -0.39 is 15.9 Å².